The highest BCUT2D eigenvalue weighted by Crippen LogP contribution is 2.49. The van der Waals surface area contributed by atoms with Crippen LogP contribution in [0, 0.1) is 5.41 Å². The molecular formula is C15H29NSi. The van der Waals surface area contributed by atoms with E-state index in [9.17, 15) is 0 Å². The van der Waals surface area contributed by atoms with Gasteiger partial charge in [-0.2, -0.15) is 0 Å². The second-order valence-corrected chi connectivity index (χ2v) is 10.2. The standard InChI is InChI=1S/C15H29NSi/c1-10-11(2)13(9-17(7)8)15(16,12(10)3)14(4,5)6/h17H,9,16H2,1-8H3. The average molecular weight is 251 g/mol. The lowest BCUT2D eigenvalue weighted by Crippen LogP contribution is -2.53. The molecule has 0 bridgehead atoms. The summed E-state index contributed by atoms with van der Waals surface area (Å²) in [4.78, 5) is 0. The first kappa shape index (κ1) is 14.7. The molecule has 0 radical (unpaired) electrons. The van der Waals surface area contributed by atoms with E-state index < -0.39 is 8.80 Å². The Hall–Kier alpha value is -0.343. The highest BCUT2D eigenvalue weighted by molar-refractivity contribution is 6.56. The minimum Gasteiger partial charge on any atom is -0.318 e. The van der Waals surface area contributed by atoms with Crippen LogP contribution >= 0.6 is 0 Å². The maximum atomic E-state index is 6.86. The van der Waals surface area contributed by atoms with Gasteiger partial charge in [0.1, 0.15) is 0 Å². The average Bonchev–Trinajstić information content (AvgIpc) is 2.32. The molecule has 0 saturated heterocycles. The van der Waals surface area contributed by atoms with Crippen molar-refractivity contribution < 1.29 is 0 Å². The highest BCUT2D eigenvalue weighted by atomic mass is 28.3. The Morgan fingerprint density at radius 1 is 1.06 bits per heavy atom. The lowest BCUT2D eigenvalue weighted by molar-refractivity contribution is 0.268. The summed E-state index contributed by atoms with van der Waals surface area (Å²) in [7, 11) is -0.635. The van der Waals surface area contributed by atoms with Gasteiger partial charge in [-0.3, -0.25) is 0 Å². The summed E-state index contributed by atoms with van der Waals surface area (Å²) < 4.78 is 0. The number of rotatable bonds is 2. The lowest BCUT2D eigenvalue weighted by atomic mass is 9.68. The Bertz CT molecular complexity index is 382. The first-order valence-corrected chi connectivity index (χ1v) is 9.83. The van der Waals surface area contributed by atoms with Gasteiger partial charge in [0, 0.05) is 8.80 Å². The summed E-state index contributed by atoms with van der Waals surface area (Å²) in [5.41, 5.74) is 12.5. The summed E-state index contributed by atoms with van der Waals surface area (Å²) in [5.74, 6) is 0. The fourth-order valence-corrected chi connectivity index (χ4v) is 4.51. The molecule has 0 aromatic carbocycles. The molecule has 0 heterocycles. The van der Waals surface area contributed by atoms with E-state index >= 15 is 0 Å². The normalized spacial score (nSPS) is 26.5. The maximum absolute atomic E-state index is 6.86. The molecule has 2 N–H and O–H groups in total. The Labute approximate surface area is 109 Å². The van der Waals surface area contributed by atoms with Crippen LogP contribution in [0.4, 0.5) is 0 Å². The molecule has 1 nitrogen and oxygen atoms in total. The molecule has 1 atom stereocenters. The zero-order valence-corrected chi connectivity index (χ0v) is 14.0. The molecular weight excluding hydrogens is 222 g/mol. The third-order valence-corrected chi connectivity index (χ3v) is 5.67. The van der Waals surface area contributed by atoms with Gasteiger partial charge >= 0.3 is 0 Å². The van der Waals surface area contributed by atoms with Crippen molar-refractivity contribution in [2.24, 2.45) is 11.1 Å². The fourth-order valence-electron chi connectivity index (χ4n) is 3.06. The van der Waals surface area contributed by atoms with Crippen LogP contribution in [0.2, 0.25) is 19.1 Å². The van der Waals surface area contributed by atoms with Gasteiger partial charge in [-0.05, 0) is 54.5 Å². The summed E-state index contributed by atoms with van der Waals surface area (Å²) >= 11 is 0. The van der Waals surface area contributed by atoms with Gasteiger partial charge in [0.05, 0.1) is 5.54 Å². The van der Waals surface area contributed by atoms with Crippen LogP contribution in [-0.2, 0) is 0 Å². The largest absolute Gasteiger partial charge is 0.318 e. The minimum atomic E-state index is -0.635. The van der Waals surface area contributed by atoms with Gasteiger partial charge < -0.3 is 5.73 Å². The summed E-state index contributed by atoms with van der Waals surface area (Å²) in [6.07, 6.45) is 0. The van der Waals surface area contributed by atoms with Crippen molar-refractivity contribution >= 4 is 8.80 Å². The number of hydrogen-bond acceptors (Lipinski definition) is 1. The lowest BCUT2D eigenvalue weighted by Gasteiger charge is -2.43. The molecule has 0 aliphatic heterocycles. The van der Waals surface area contributed by atoms with Crippen molar-refractivity contribution in [3.63, 3.8) is 0 Å². The van der Waals surface area contributed by atoms with Crippen molar-refractivity contribution in [2.75, 3.05) is 0 Å². The van der Waals surface area contributed by atoms with Gasteiger partial charge in [-0.1, -0.05) is 33.9 Å². The van der Waals surface area contributed by atoms with Gasteiger partial charge in [0.25, 0.3) is 0 Å². The number of nitrogens with two attached hydrogens (primary N) is 1. The van der Waals surface area contributed by atoms with Gasteiger partial charge in [-0.15, -0.1) is 0 Å². The van der Waals surface area contributed by atoms with E-state index in [1.54, 1.807) is 0 Å². The van der Waals surface area contributed by atoms with E-state index in [1.807, 2.05) is 0 Å². The molecule has 0 amide bonds. The molecule has 0 saturated carbocycles. The van der Waals surface area contributed by atoms with Crippen LogP contribution in [0.25, 0.3) is 0 Å². The van der Waals surface area contributed by atoms with Gasteiger partial charge in [-0.25, -0.2) is 0 Å². The Balaban J connectivity index is 3.37. The molecule has 2 heteroatoms. The summed E-state index contributed by atoms with van der Waals surface area (Å²) in [6.45, 7) is 18.3. The first-order valence-electron chi connectivity index (χ1n) is 6.71. The molecule has 0 spiro atoms. The van der Waals surface area contributed by atoms with E-state index in [-0.39, 0.29) is 11.0 Å². The molecule has 0 aromatic heterocycles. The van der Waals surface area contributed by atoms with Crippen LogP contribution in [0.1, 0.15) is 41.5 Å². The minimum absolute atomic E-state index is 0.0920. The summed E-state index contributed by atoms with van der Waals surface area (Å²) in [5, 5.41) is 0. The summed E-state index contributed by atoms with van der Waals surface area (Å²) in [6, 6.07) is 1.24. The van der Waals surface area contributed by atoms with Crippen LogP contribution < -0.4 is 5.73 Å². The van der Waals surface area contributed by atoms with Crippen LogP contribution in [0.15, 0.2) is 22.3 Å². The topological polar surface area (TPSA) is 26.0 Å². The number of allylic oxidation sites excluding steroid dienone is 2. The predicted octanol–water partition coefficient (Wildman–Crippen LogP) is 3.88. The zero-order chi connectivity index (χ0) is 13.6. The fraction of sp³-hybridized carbons (Fsp3) is 0.733. The Morgan fingerprint density at radius 3 is 1.88 bits per heavy atom. The maximum Gasteiger partial charge on any atom is 0.0639 e. The quantitative estimate of drug-likeness (QED) is 0.741. The molecule has 0 fully saturated rings. The van der Waals surface area contributed by atoms with Crippen LogP contribution in [0.5, 0.6) is 0 Å². The van der Waals surface area contributed by atoms with E-state index in [2.05, 4.69) is 54.6 Å². The smallest absolute Gasteiger partial charge is 0.0639 e. The number of hydrogen-bond donors (Lipinski definition) is 1. The molecule has 1 aliphatic rings. The van der Waals surface area contributed by atoms with Crippen molar-refractivity contribution in [3.05, 3.63) is 22.3 Å². The van der Waals surface area contributed by atoms with Crippen molar-refractivity contribution in [2.45, 2.75) is 66.2 Å². The zero-order valence-electron chi connectivity index (χ0n) is 12.9. The third-order valence-electron chi connectivity index (χ3n) is 4.44. The molecule has 1 aliphatic carbocycles. The van der Waals surface area contributed by atoms with Crippen LogP contribution in [-0.4, -0.2) is 14.3 Å². The monoisotopic (exact) mass is 251 g/mol. The highest BCUT2D eigenvalue weighted by Gasteiger charge is 2.47. The Morgan fingerprint density at radius 2 is 1.53 bits per heavy atom. The molecule has 1 rings (SSSR count). The van der Waals surface area contributed by atoms with E-state index in [4.69, 9.17) is 5.73 Å². The third kappa shape index (κ3) is 2.17. The predicted molar refractivity (Wildman–Crippen MR) is 81.1 cm³/mol. The van der Waals surface area contributed by atoms with Gasteiger partial charge in [0.2, 0.25) is 0 Å². The first-order chi connectivity index (χ1) is 7.53. The second-order valence-electron chi connectivity index (χ2n) is 7.01. The molecule has 1 unspecified atom stereocenters. The molecule has 98 valence electrons. The van der Waals surface area contributed by atoms with E-state index in [1.165, 1.54) is 28.3 Å². The van der Waals surface area contributed by atoms with E-state index in [0.717, 1.165) is 0 Å². The van der Waals surface area contributed by atoms with Crippen molar-refractivity contribution in [1.29, 1.82) is 0 Å². The van der Waals surface area contributed by atoms with Gasteiger partial charge in [0.15, 0.2) is 0 Å². The molecule has 17 heavy (non-hydrogen) atoms. The van der Waals surface area contributed by atoms with Crippen molar-refractivity contribution in [3.8, 4) is 0 Å². The second kappa shape index (κ2) is 4.40. The molecule has 0 aromatic rings. The van der Waals surface area contributed by atoms with E-state index in [0.29, 0.717) is 0 Å². The van der Waals surface area contributed by atoms with Crippen LogP contribution in [0.3, 0.4) is 0 Å². The SMILES string of the molecule is CC1=C(C)C(N)(C(C)(C)C)C(C[SiH](C)C)=C1C. The Kier molecular flexibility index (Phi) is 3.81. The van der Waals surface area contributed by atoms with Crippen molar-refractivity contribution in [1.82, 2.24) is 0 Å².